The summed E-state index contributed by atoms with van der Waals surface area (Å²) in [7, 11) is 1.60. The molecule has 0 saturated carbocycles. The topological polar surface area (TPSA) is 55.3 Å². The molecule has 30 heavy (non-hydrogen) atoms. The van der Waals surface area contributed by atoms with Gasteiger partial charge in [0.25, 0.3) is 5.91 Å². The minimum Gasteiger partial charge on any atom is -0.494 e. The first-order chi connectivity index (χ1) is 14.5. The van der Waals surface area contributed by atoms with Crippen molar-refractivity contribution in [3.8, 4) is 5.75 Å². The molecule has 4 rings (SSSR count). The van der Waals surface area contributed by atoms with Gasteiger partial charge in [-0.3, -0.25) is 14.7 Å². The van der Waals surface area contributed by atoms with E-state index in [4.69, 9.17) is 32.9 Å². The molecule has 4 aromatic rings. The van der Waals surface area contributed by atoms with Gasteiger partial charge in [0.1, 0.15) is 11.3 Å². The molecule has 5 nitrogen and oxygen atoms in total. The summed E-state index contributed by atoms with van der Waals surface area (Å²) < 4.78 is 6.43. The van der Waals surface area contributed by atoms with E-state index in [1.54, 1.807) is 36.4 Å². The zero-order valence-corrected chi connectivity index (χ0v) is 18.6. The fourth-order valence-corrected chi connectivity index (χ4v) is 4.61. The summed E-state index contributed by atoms with van der Waals surface area (Å²) in [6.07, 6.45) is 1.69. The van der Waals surface area contributed by atoms with Crippen LogP contribution in [0.1, 0.15) is 21.6 Å². The monoisotopic (exact) mass is 457 g/mol. The van der Waals surface area contributed by atoms with Crippen LogP contribution in [0.3, 0.4) is 0 Å². The molecular weight excluding hydrogens is 441 g/mol. The molecule has 0 N–H and O–H groups in total. The second-order valence-corrected chi connectivity index (χ2v) is 8.42. The molecule has 0 unspecified atom stereocenters. The number of hydrogen-bond acceptors (Lipinski definition) is 5. The summed E-state index contributed by atoms with van der Waals surface area (Å²) in [5, 5.41) is 1.29. The quantitative estimate of drug-likeness (QED) is 0.359. The lowest BCUT2D eigenvalue weighted by Crippen LogP contribution is -2.31. The van der Waals surface area contributed by atoms with Gasteiger partial charge in [-0.05, 0) is 48.9 Å². The van der Waals surface area contributed by atoms with E-state index in [1.165, 1.54) is 11.3 Å². The highest BCUT2D eigenvalue weighted by Crippen LogP contribution is 2.37. The first kappa shape index (κ1) is 20.6. The highest BCUT2D eigenvalue weighted by atomic mass is 35.5. The van der Waals surface area contributed by atoms with Crippen molar-refractivity contribution in [1.29, 1.82) is 0 Å². The molecule has 8 heteroatoms. The largest absolute Gasteiger partial charge is 0.494 e. The second kappa shape index (κ2) is 8.60. The molecule has 0 aliphatic carbocycles. The fourth-order valence-electron chi connectivity index (χ4n) is 3.07. The maximum Gasteiger partial charge on any atom is 0.261 e. The molecule has 0 aliphatic heterocycles. The van der Waals surface area contributed by atoms with Gasteiger partial charge >= 0.3 is 0 Å². The molecule has 2 aromatic heterocycles. The Kier molecular flexibility index (Phi) is 5.90. The third-order valence-electron chi connectivity index (χ3n) is 4.60. The number of thiazole rings is 1. The number of anilines is 1. The van der Waals surface area contributed by atoms with Crippen LogP contribution in [0.4, 0.5) is 5.13 Å². The predicted molar refractivity (Wildman–Crippen MR) is 122 cm³/mol. The van der Waals surface area contributed by atoms with Gasteiger partial charge in [0.15, 0.2) is 5.13 Å². The number of rotatable bonds is 5. The minimum absolute atomic E-state index is 0.250. The fraction of sp³-hybridized carbons (Fsp3) is 0.136. The van der Waals surface area contributed by atoms with Gasteiger partial charge in [-0.1, -0.05) is 46.7 Å². The zero-order chi connectivity index (χ0) is 21.3. The van der Waals surface area contributed by atoms with Crippen LogP contribution in [-0.4, -0.2) is 23.0 Å². The number of aromatic nitrogens is 2. The summed E-state index contributed by atoms with van der Waals surface area (Å²) in [6, 6.07) is 14.3. The van der Waals surface area contributed by atoms with Crippen molar-refractivity contribution in [2.24, 2.45) is 0 Å². The molecule has 0 spiro atoms. The number of nitrogens with zero attached hydrogens (tertiary/aromatic N) is 3. The summed E-state index contributed by atoms with van der Waals surface area (Å²) in [5.74, 6) is 0.380. The molecular formula is C22H17Cl2N3O2S. The van der Waals surface area contributed by atoms with Crippen LogP contribution >= 0.6 is 34.5 Å². The number of methoxy groups -OCH3 is 1. The van der Waals surface area contributed by atoms with Crippen molar-refractivity contribution < 1.29 is 9.53 Å². The normalized spacial score (nSPS) is 10.9. The van der Waals surface area contributed by atoms with Crippen molar-refractivity contribution in [3.05, 3.63) is 81.6 Å². The van der Waals surface area contributed by atoms with Gasteiger partial charge in [0.2, 0.25) is 0 Å². The molecule has 2 aromatic carbocycles. The minimum atomic E-state index is -0.280. The average Bonchev–Trinajstić information content (AvgIpc) is 3.19. The Bertz CT molecular complexity index is 1230. The maximum absolute atomic E-state index is 13.5. The van der Waals surface area contributed by atoms with Crippen LogP contribution in [0, 0.1) is 6.92 Å². The Balaban J connectivity index is 1.84. The third kappa shape index (κ3) is 3.99. The van der Waals surface area contributed by atoms with Crippen LogP contribution in [0.2, 0.25) is 10.0 Å². The summed E-state index contributed by atoms with van der Waals surface area (Å²) in [4.78, 5) is 24.2. The molecule has 0 fully saturated rings. The second-order valence-electron chi connectivity index (χ2n) is 6.60. The number of fused-ring (bicyclic) bond motifs is 1. The van der Waals surface area contributed by atoms with Crippen LogP contribution in [-0.2, 0) is 6.54 Å². The molecule has 2 heterocycles. The van der Waals surface area contributed by atoms with Gasteiger partial charge in [-0.25, -0.2) is 4.98 Å². The average molecular weight is 458 g/mol. The van der Waals surface area contributed by atoms with E-state index in [0.717, 1.165) is 21.5 Å². The number of amides is 1. The number of ether oxygens (including phenoxy) is 1. The Morgan fingerprint density at radius 1 is 1.17 bits per heavy atom. The van der Waals surface area contributed by atoms with E-state index >= 15 is 0 Å². The zero-order valence-electron chi connectivity index (χ0n) is 16.2. The lowest BCUT2D eigenvalue weighted by Gasteiger charge is -2.20. The molecule has 0 atom stereocenters. The van der Waals surface area contributed by atoms with Gasteiger partial charge < -0.3 is 4.74 Å². The summed E-state index contributed by atoms with van der Waals surface area (Å²) in [5.41, 5.74) is 2.86. The van der Waals surface area contributed by atoms with Crippen molar-refractivity contribution in [2.75, 3.05) is 12.0 Å². The molecule has 1 amide bonds. The molecule has 0 saturated heterocycles. The summed E-state index contributed by atoms with van der Waals surface area (Å²) >= 11 is 13.8. The lowest BCUT2D eigenvalue weighted by molar-refractivity contribution is 0.0985. The lowest BCUT2D eigenvalue weighted by atomic mass is 10.2. The van der Waals surface area contributed by atoms with Crippen molar-refractivity contribution in [2.45, 2.75) is 13.5 Å². The van der Waals surface area contributed by atoms with E-state index in [9.17, 15) is 4.79 Å². The van der Waals surface area contributed by atoms with E-state index in [1.807, 2.05) is 37.3 Å². The Morgan fingerprint density at radius 3 is 2.70 bits per heavy atom. The first-order valence-electron chi connectivity index (χ1n) is 9.09. The highest BCUT2D eigenvalue weighted by molar-refractivity contribution is 7.22. The van der Waals surface area contributed by atoms with Gasteiger partial charge in [0.05, 0.1) is 34.6 Å². The molecule has 0 radical (unpaired) electrons. The van der Waals surface area contributed by atoms with Crippen molar-refractivity contribution in [1.82, 2.24) is 9.97 Å². The van der Waals surface area contributed by atoms with Gasteiger partial charge in [-0.15, -0.1) is 0 Å². The van der Waals surface area contributed by atoms with E-state index in [2.05, 4.69) is 4.98 Å². The number of hydrogen-bond donors (Lipinski definition) is 0. The third-order valence-corrected chi connectivity index (χ3v) is 6.36. The Morgan fingerprint density at radius 2 is 2.00 bits per heavy atom. The summed E-state index contributed by atoms with van der Waals surface area (Å²) in [6.45, 7) is 2.25. The first-order valence-corrected chi connectivity index (χ1v) is 10.7. The van der Waals surface area contributed by atoms with E-state index in [-0.39, 0.29) is 17.5 Å². The Hall–Kier alpha value is -2.67. The smallest absolute Gasteiger partial charge is 0.261 e. The highest BCUT2D eigenvalue weighted by Gasteiger charge is 2.25. The van der Waals surface area contributed by atoms with Crippen LogP contribution in [0.5, 0.6) is 5.75 Å². The van der Waals surface area contributed by atoms with Crippen LogP contribution < -0.4 is 9.64 Å². The molecule has 152 valence electrons. The van der Waals surface area contributed by atoms with Gasteiger partial charge in [-0.2, -0.15) is 0 Å². The molecule has 0 bridgehead atoms. The number of carbonyl (C=O) groups is 1. The Labute approximate surface area is 187 Å². The number of carbonyl (C=O) groups excluding carboxylic acids is 1. The van der Waals surface area contributed by atoms with Crippen molar-refractivity contribution in [3.63, 3.8) is 0 Å². The van der Waals surface area contributed by atoms with Crippen LogP contribution in [0.15, 0.2) is 54.7 Å². The van der Waals surface area contributed by atoms with E-state index < -0.39 is 0 Å². The maximum atomic E-state index is 13.5. The number of aryl methyl sites for hydroxylation is 1. The van der Waals surface area contributed by atoms with Gasteiger partial charge in [0, 0.05) is 11.2 Å². The SMILES string of the molecule is COc1ccc(C)c2sc(N(Cc3ccccn3)C(=O)c3ccc(Cl)cc3Cl)nc12. The number of halogens is 2. The van der Waals surface area contributed by atoms with Crippen molar-refractivity contribution >= 4 is 55.8 Å². The molecule has 0 aliphatic rings. The van der Waals surface area contributed by atoms with E-state index in [0.29, 0.717) is 21.5 Å². The number of pyridine rings is 1. The standard InChI is InChI=1S/C22H17Cl2N3O2S/c1-13-6-9-18(29-2)19-20(13)30-22(26-19)27(12-15-5-3-4-10-25-15)21(28)16-8-7-14(23)11-17(16)24/h3-11H,12H2,1-2H3. The number of benzene rings is 2. The predicted octanol–water partition coefficient (Wildman–Crippen LogP) is 6.16. The van der Waals surface area contributed by atoms with Crippen LogP contribution in [0.25, 0.3) is 10.2 Å².